The highest BCUT2D eigenvalue weighted by atomic mass is 16.1. The lowest BCUT2D eigenvalue weighted by atomic mass is 9.89. The van der Waals surface area contributed by atoms with Crippen LogP contribution >= 0.6 is 0 Å². The van der Waals surface area contributed by atoms with E-state index in [0.717, 1.165) is 30.2 Å². The van der Waals surface area contributed by atoms with Crippen molar-refractivity contribution in [3.8, 4) is 0 Å². The van der Waals surface area contributed by atoms with E-state index in [4.69, 9.17) is 11.5 Å². The molecule has 0 saturated carbocycles. The minimum Gasteiger partial charge on any atom is -0.383 e. The predicted octanol–water partition coefficient (Wildman–Crippen LogP) is 1.19. The van der Waals surface area contributed by atoms with Crippen LogP contribution in [0.2, 0.25) is 0 Å². The highest BCUT2D eigenvalue weighted by Gasteiger charge is 2.40. The number of amides is 1. The minimum atomic E-state index is -0.496. The van der Waals surface area contributed by atoms with Crippen molar-refractivity contribution in [3.05, 3.63) is 11.4 Å². The molecule has 2 rings (SSSR count). The standard InChI is InChI=1S/C14H23N5O/c1-8(2)11-17-10(15)9(3)12(18-11)19-6-5-14(4,7-19)13(16)20/h8H,5-7H2,1-4H3,(H2,16,20)(H2,15,17,18). The molecule has 1 amide bonds. The maximum atomic E-state index is 11.6. The summed E-state index contributed by atoms with van der Waals surface area (Å²) in [5, 5.41) is 0. The summed E-state index contributed by atoms with van der Waals surface area (Å²) >= 11 is 0. The second-order valence-electron chi connectivity index (χ2n) is 6.17. The first-order valence-electron chi connectivity index (χ1n) is 6.93. The van der Waals surface area contributed by atoms with Gasteiger partial charge in [0.05, 0.1) is 5.41 Å². The van der Waals surface area contributed by atoms with Crippen LogP contribution in [0.3, 0.4) is 0 Å². The van der Waals surface area contributed by atoms with E-state index in [-0.39, 0.29) is 11.8 Å². The number of nitrogen functional groups attached to an aromatic ring is 1. The monoisotopic (exact) mass is 277 g/mol. The number of nitrogens with two attached hydrogens (primary N) is 2. The van der Waals surface area contributed by atoms with E-state index in [9.17, 15) is 4.79 Å². The lowest BCUT2D eigenvalue weighted by Crippen LogP contribution is -2.37. The molecule has 0 aliphatic carbocycles. The summed E-state index contributed by atoms with van der Waals surface area (Å²) < 4.78 is 0. The van der Waals surface area contributed by atoms with Crippen molar-refractivity contribution >= 4 is 17.5 Å². The highest BCUT2D eigenvalue weighted by Crippen LogP contribution is 2.34. The van der Waals surface area contributed by atoms with Gasteiger partial charge in [-0.3, -0.25) is 4.79 Å². The topological polar surface area (TPSA) is 98.1 Å². The van der Waals surface area contributed by atoms with E-state index in [0.29, 0.717) is 12.4 Å². The number of carbonyl (C=O) groups is 1. The van der Waals surface area contributed by atoms with Crippen molar-refractivity contribution in [2.24, 2.45) is 11.1 Å². The Morgan fingerprint density at radius 3 is 2.55 bits per heavy atom. The van der Waals surface area contributed by atoms with Gasteiger partial charge in [-0.15, -0.1) is 0 Å². The van der Waals surface area contributed by atoms with Gasteiger partial charge in [-0.1, -0.05) is 13.8 Å². The van der Waals surface area contributed by atoms with E-state index in [2.05, 4.69) is 14.9 Å². The van der Waals surface area contributed by atoms with Crippen LogP contribution in [-0.4, -0.2) is 29.0 Å². The third kappa shape index (κ3) is 2.42. The first-order valence-corrected chi connectivity index (χ1v) is 6.93. The zero-order valence-electron chi connectivity index (χ0n) is 12.6. The van der Waals surface area contributed by atoms with Crippen LogP contribution in [0, 0.1) is 12.3 Å². The van der Waals surface area contributed by atoms with Gasteiger partial charge in [-0.25, -0.2) is 9.97 Å². The predicted molar refractivity (Wildman–Crippen MR) is 79.4 cm³/mol. The minimum absolute atomic E-state index is 0.210. The molecule has 20 heavy (non-hydrogen) atoms. The number of aromatic nitrogens is 2. The molecule has 1 fully saturated rings. The van der Waals surface area contributed by atoms with Crippen LogP contribution in [0.1, 0.15) is 44.5 Å². The van der Waals surface area contributed by atoms with Gasteiger partial charge in [0, 0.05) is 24.6 Å². The number of nitrogens with zero attached hydrogens (tertiary/aromatic N) is 3. The van der Waals surface area contributed by atoms with Gasteiger partial charge in [-0.2, -0.15) is 0 Å². The average Bonchev–Trinajstić information content (AvgIpc) is 2.76. The second-order valence-corrected chi connectivity index (χ2v) is 6.17. The Morgan fingerprint density at radius 2 is 2.05 bits per heavy atom. The van der Waals surface area contributed by atoms with E-state index in [1.165, 1.54) is 0 Å². The van der Waals surface area contributed by atoms with Gasteiger partial charge >= 0.3 is 0 Å². The maximum Gasteiger partial charge on any atom is 0.225 e. The van der Waals surface area contributed by atoms with Crippen LogP contribution in [0.5, 0.6) is 0 Å². The van der Waals surface area contributed by atoms with Crippen molar-refractivity contribution in [2.45, 2.75) is 40.0 Å². The van der Waals surface area contributed by atoms with Gasteiger partial charge in [0.2, 0.25) is 5.91 Å². The molecule has 0 spiro atoms. The largest absolute Gasteiger partial charge is 0.383 e. The van der Waals surface area contributed by atoms with E-state index in [1.807, 2.05) is 27.7 Å². The molecule has 1 aliphatic rings. The number of primary amides is 1. The first kappa shape index (κ1) is 14.6. The summed E-state index contributed by atoms with van der Waals surface area (Å²) in [7, 11) is 0. The average molecular weight is 277 g/mol. The molecule has 1 saturated heterocycles. The molecule has 0 radical (unpaired) electrons. The van der Waals surface area contributed by atoms with Gasteiger partial charge < -0.3 is 16.4 Å². The van der Waals surface area contributed by atoms with Gasteiger partial charge in [-0.05, 0) is 20.3 Å². The molecule has 1 unspecified atom stereocenters. The maximum absolute atomic E-state index is 11.6. The molecule has 2 heterocycles. The van der Waals surface area contributed by atoms with Gasteiger partial charge in [0.25, 0.3) is 0 Å². The van der Waals surface area contributed by atoms with Crippen LogP contribution in [0.15, 0.2) is 0 Å². The van der Waals surface area contributed by atoms with E-state index in [1.54, 1.807) is 0 Å². The number of hydrogen-bond donors (Lipinski definition) is 2. The molecule has 4 N–H and O–H groups in total. The molecule has 0 bridgehead atoms. The van der Waals surface area contributed by atoms with Gasteiger partial charge in [0.1, 0.15) is 17.5 Å². The molecular formula is C14H23N5O. The summed E-state index contributed by atoms with van der Waals surface area (Å²) in [6.45, 7) is 9.22. The smallest absolute Gasteiger partial charge is 0.225 e. The fourth-order valence-electron chi connectivity index (χ4n) is 2.45. The fraction of sp³-hybridized carbons (Fsp3) is 0.643. The molecule has 1 aromatic heterocycles. The lowest BCUT2D eigenvalue weighted by Gasteiger charge is -2.24. The summed E-state index contributed by atoms with van der Waals surface area (Å²) in [6.07, 6.45) is 0.739. The second kappa shape index (κ2) is 4.92. The number of rotatable bonds is 3. The molecule has 110 valence electrons. The molecule has 6 nitrogen and oxygen atoms in total. The van der Waals surface area contributed by atoms with Crippen LogP contribution in [-0.2, 0) is 4.79 Å². The van der Waals surface area contributed by atoms with Crippen molar-refractivity contribution in [1.82, 2.24) is 9.97 Å². The summed E-state index contributed by atoms with van der Waals surface area (Å²) in [4.78, 5) is 22.6. The summed E-state index contributed by atoms with van der Waals surface area (Å²) in [5.41, 5.74) is 11.8. The summed E-state index contributed by atoms with van der Waals surface area (Å²) in [6, 6.07) is 0. The van der Waals surface area contributed by atoms with E-state index < -0.39 is 5.41 Å². The number of carbonyl (C=O) groups excluding carboxylic acids is 1. The van der Waals surface area contributed by atoms with Crippen LogP contribution in [0.4, 0.5) is 11.6 Å². The van der Waals surface area contributed by atoms with Crippen LogP contribution < -0.4 is 16.4 Å². The Labute approximate surface area is 119 Å². The fourth-order valence-corrected chi connectivity index (χ4v) is 2.45. The van der Waals surface area contributed by atoms with Crippen molar-refractivity contribution < 1.29 is 4.79 Å². The van der Waals surface area contributed by atoms with Crippen molar-refractivity contribution in [1.29, 1.82) is 0 Å². The Balaban J connectivity index is 2.37. The zero-order valence-corrected chi connectivity index (χ0v) is 12.6. The Bertz CT molecular complexity index is 543. The third-order valence-electron chi connectivity index (χ3n) is 4.06. The van der Waals surface area contributed by atoms with Crippen molar-refractivity contribution in [2.75, 3.05) is 23.7 Å². The Kier molecular flexibility index (Phi) is 3.58. The molecule has 0 aromatic carbocycles. The molecule has 1 aromatic rings. The SMILES string of the molecule is Cc1c(N)nc(C(C)C)nc1N1CCC(C)(C(N)=O)C1. The van der Waals surface area contributed by atoms with Crippen molar-refractivity contribution in [3.63, 3.8) is 0 Å². The molecular weight excluding hydrogens is 254 g/mol. The third-order valence-corrected chi connectivity index (χ3v) is 4.06. The summed E-state index contributed by atoms with van der Waals surface area (Å²) in [5.74, 6) is 2.01. The van der Waals surface area contributed by atoms with Crippen LogP contribution in [0.25, 0.3) is 0 Å². The quantitative estimate of drug-likeness (QED) is 0.864. The number of anilines is 2. The first-order chi connectivity index (χ1) is 9.24. The zero-order chi connectivity index (χ0) is 15.1. The van der Waals surface area contributed by atoms with E-state index >= 15 is 0 Å². The lowest BCUT2D eigenvalue weighted by molar-refractivity contribution is -0.125. The Morgan fingerprint density at radius 1 is 1.40 bits per heavy atom. The molecule has 1 atom stereocenters. The normalized spacial score (nSPS) is 22.6. The molecule has 6 heteroatoms. The molecule has 1 aliphatic heterocycles. The number of hydrogen-bond acceptors (Lipinski definition) is 5. The highest BCUT2D eigenvalue weighted by molar-refractivity contribution is 5.82. The Hall–Kier alpha value is -1.85. The van der Waals surface area contributed by atoms with Gasteiger partial charge in [0.15, 0.2) is 0 Å².